The van der Waals surface area contributed by atoms with E-state index in [0.717, 1.165) is 29.8 Å². The monoisotopic (exact) mass is 238 g/mol. The number of nitrogens with one attached hydrogen (secondary N) is 1. The lowest BCUT2D eigenvalue weighted by molar-refractivity contribution is 0.240. The van der Waals surface area contributed by atoms with E-state index in [1.165, 1.54) is 12.8 Å². The van der Waals surface area contributed by atoms with Crippen LogP contribution >= 0.6 is 11.3 Å². The number of hydrogen-bond acceptors (Lipinski definition) is 5. The first-order valence-electron chi connectivity index (χ1n) is 5.68. The van der Waals surface area contributed by atoms with Crippen LogP contribution in [0, 0.1) is 6.92 Å². The average Bonchev–Trinajstić information content (AvgIpc) is 2.67. The van der Waals surface area contributed by atoms with E-state index in [9.17, 15) is 0 Å². The smallest absolute Gasteiger partial charge is 0.205 e. The van der Waals surface area contributed by atoms with Crippen molar-refractivity contribution in [3.05, 3.63) is 17.7 Å². The van der Waals surface area contributed by atoms with E-state index in [0.29, 0.717) is 6.04 Å². The van der Waals surface area contributed by atoms with Crippen molar-refractivity contribution in [1.82, 2.24) is 15.1 Å². The van der Waals surface area contributed by atoms with Gasteiger partial charge in [0.05, 0.1) is 0 Å². The predicted octanol–water partition coefficient (Wildman–Crippen LogP) is 1.91. The molecule has 0 atom stereocenters. The minimum atomic E-state index is 0.549. The Morgan fingerprint density at radius 1 is 1.50 bits per heavy atom. The molecule has 5 heteroatoms. The highest BCUT2D eigenvalue weighted by molar-refractivity contribution is 7.15. The van der Waals surface area contributed by atoms with Crippen molar-refractivity contribution in [3.8, 4) is 0 Å². The number of rotatable bonds is 4. The van der Waals surface area contributed by atoms with Crippen molar-refractivity contribution in [1.29, 1.82) is 0 Å². The van der Waals surface area contributed by atoms with Gasteiger partial charge in [-0.05, 0) is 19.8 Å². The minimum Gasteiger partial charge on any atom is -0.357 e. The molecule has 0 unspecified atom stereocenters. The van der Waals surface area contributed by atoms with Crippen LogP contribution in [0.3, 0.4) is 0 Å². The molecule has 1 aromatic heterocycles. The summed E-state index contributed by atoms with van der Waals surface area (Å²) in [4.78, 5) is 2.43. The summed E-state index contributed by atoms with van der Waals surface area (Å²) in [7, 11) is 0. The number of piperidine rings is 1. The second-order valence-corrected chi connectivity index (χ2v) is 5.32. The largest absolute Gasteiger partial charge is 0.357 e. The lowest BCUT2D eigenvalue weighted by Crippen LogP contribution is -2.39. The van der Waals surface area contributed by atoms with Crippen LogP contribution in [-0.4, -0.2) is 40.8 Å². The summed E-state index contributed by atoms with van der Waals surface area (Å²) in [5.74, 6) is 0. The SMILES string of the molecule is C=CCN1CCC(Nc2nnc(C)s2)CC1. The first kappa shape index (κ1) is 11.5. The molecule has 0 amide bonds. The normalized spacial score (nSPS) is 18.6. The summed E-state index contributed by atoms with van der Waals surface area (Å²) in [5.41, 5.74) is 0. The number of nitrogens with zero attached hydrogens (tertiary/aromatic N) is 3. The molecular weight excluding hydrogens is 220 g/mol. The van der Waals surface area contributed by atoms with Gasteiger partial charge >= 0.3 is 0 Å². The zero-order chi connectivity index (χ0) is 11.4. The minimum absolute atomic E-state index is 0.549. The van der Waals surface area contributed by atoms with Gasteiger partial charge < -0.3 is 5.32 Å². The van der Waals surface area contributed by atoms with Crippen LogP contribution in [-0.2, 0) is 0 Å². The van der Waals surface area contributed by atoms with E-state index < -0.39 is 0 Å². The molecule has 0 aliphatic carbocycles. The Balaban J connectivity index is 1.79. The molecule has 4 nitrogen and oxygen atoms in total. The summed E-state index contributed by atoms with van der Waals surface area (Å²) < 4.78 is 0. The lowest BCUT2D eigenvalue weighted by Gasteiger charge is -2.31. The third-order valence-corrected chi connectivity index (χ3v) is 3.60. The fraction of sp³-hybridized carbons (Fsp3) is 0.636. The third kappa shape index (κ3) is 3.02. The maximum Gasteiger partial charge on any atom is 0.205 e. The summed E-state index contributed by atoms with van der Waals surface area (Å²) in [5, 5.41) is 13.5. The van der Waals surface area contributed by atoms with Gasteiger partial charge in [-0.25, -0.2) is 0 Å². The first-order valence-corrected chi connectivity index (χ1v) is 6.49. The maximum atomic E-state index is 4.09. The fourth-order valence-electron chi connectivity index (χ4n) is 1.97. The molecule has 2 rings (SSSR count). The molecule has 0 radical (unpaired) electrons. The lowest BCUT2D eigenvalue weighted by atomic mass is 10.1. The van der Waals surface area contributed by atoms with Crippen molar-refractivity contribution >= 4 is 16.5 Å². The van der Waals surface area contributed by atoms with Gasteiger partial charge in [-0.2, -0.15) is 0 Å². The Morgan fingerprint density at radius 3 is 2.81 bits per heavy atom. The van der Waals surface area contributed by atoms with Crippen LogP contribution in [0.15, 0.2) is 12.7 Å². The highest BCUT2D eigenvalue weighted by Crippen LogP contribution is 2.19. The number of anilines is 1. The molecule has 0 aromatic carbocycles. The van der Waals surface area contributed by atoms with Crippen LogP contribution in [0.4, 0.5) is 5.13 Å². The van der Waals surface area contributed by atoms with E-state index in [1.54, 1.807) is 11.3 Å². The molecule has 16 heavy (non-hydrogen) atoms. The number of hydrogen-bond donors (Lipinski definition) is 1. The average molecular weight is 238 g/mol. The number of likely N-dealkylation sites (tertiary alicyclic amines) is 1. The Kier molecular flexibility index (Phi) is 3.90. The number of aryl methyl sites for hydroxylation is 1. The molecule has 0 saturated carbocycles. The van der Waals surface area contributed by atoms with E-state index in [4.69, 9.17) is 0 Å². The van der Waals surface area contributed by atoms with Gasteiger partial charge in [-0.1, -0.05) is 17.4 Å². The van der Waals surface area contributed by atoms with Crippen molar-refractivity contribution in [2.24, 2.45) is 0 Å². The quantitative estimate of drug-likeness (QED) is 0.814. The van der Waals surface area contributed by atoms with Gasteiger partial charge in [0.15, 0.2) is 0 Å². The highest BCUT2D eigenvalue weighted by atomic mass is 32.1. The van der Waals surface area contributed by atoms with Crippen LogP contribution in [0.5, 0.6) is 0 Å². The van der Waals surface area contributed by atoms with Gasteiger partial charge in [0.25, 0.3) is 0 Å². The highest BCUT2D eigenvalue weighted by Gasteiger charge is 2.18. The van der Waals surface area contributed by atoms with E-state index in [-0.39, 0.29) is 0 Å². The Hall–Kier alpha value is -0.940. The Labute approximate surface area is 100 Å². The summed E-state index contributed by atoms with van der Waals surface area (Å²) in [6, 6.07) is 0.549. The Bertz CT molecular complexity index is 342. The molecular formula is C11H18N4S. The van der Waals surface area contributed by atoms with Gasteiger partial charge in [-0.3, -0.25) is 4.90 Å². The van der Waals surface area contributed by atoms with Gasteiger partial charge in [0.2, 0.25) is 5.13 Å². The number of aromatic nitrogens is 2. The molecule has 1 fully saturated rings. The second-order valence-electron chi connectivity index (χ2n) is 4.13. The van der Waals surface area contributed by atoms with Gasteiger partial charge in [0.1, 0.15) is 5.01 Å². The molecule has 1 N–H and O–H groups in total. The van der Waals surface area contributed by atoms with Crippen molar-refractivity contribution < 1.29 is 0 Å². The van der Waals surface area contributed by atoms with Gasteiger partial charge in [0, 0.05) is 25.7 Å². The second kappa shape index (κ2) is 5.41. The zero-order valence-electron chi connectivity index (χ0n) is 9.65. The van der Waals surface area contributed by atoms with Crippen LogP contribution in [0.1, 0.15) is 17.8 Å². The molecule has 1 aliphatic heterocycles. The van der Waals surface area contributed by atoms with E-state index >= 15 is 0 Å². The van der Waals surface area contributed by atoms with Gasteiger partial charge in [-0.15, -0.1) is 16.8 Å². The van der Waals surface area contributed by atoms with Crippen molar-refractivity contribution in [3.63, 3.8) is 0 Å². The van der Waals surface area contributed by atoms with E-state index in [2.05, 4.69) is 27.0 Å². The van der Waals surface area contributed by atoms with Crippen LogP contribution < -0.4 is 5.32 Å². The Morgan fingerprint density at radius 2 is 2.25 bits per heavy atom. The molecule has 1 saturated heterocycles. The topological polar surface area (TPSA) is 41.0 Å². The van der Waals surface area contributed by atoms with E-state index in [1.807, 2.05) is 13.0 Å². The summed E-state index contributed by atoms with van der Waals surface area (Å²) in [6.45, 7) is 9.04. The van der Waals surface area contributed by atoms with Crippen LogP contribution in [0.25, 0.3) is 0 Å². The molecule has 1 aromatic rings. The van der Waals surface area contributed by atoms with Crippen molar-refractivity contribution in [2.45, 2.75) is 25.8 Å². The van der Waals surface area contributed by atoms with Crippen LogP contribution in [0.2, 0.25) is 0 Å². The first-order chi connectivity index (χ1) is 7.78. The fourth-order valence-corrected chi connectivity index (χ4v) is 2.64. The summed E-state index contributed by atoms with van der Waals surface area (Å²) >= 11 is 1.63. The maximum absolute atomic E-state index is 4.09. The molecule has 88 valence electrons. The molecule has 1 aliphatic rings. The standard InChI is InChI=1S/C11H18N4S/c1-3-6-15-7-4-10(5-8-15)12-11-14-13-9(2)16-11/h3,10H,1,4-8H2,2H3,(H,12,14). The van der Waals surface area contributed by atoms with Crippen molar-refractivity contribution in [2.75, 3.05) is 25.0 Å². The zero-order valence-corrected chi connectivity index (χ0v) is 10.5. The predicted molar refractivity (Wildman–Crippen MR) is 67.9 cm³/mol. The summed E-state index contributed by atoms with van der Waals surface area (Å²) in [6.07, 6.45) is 4.32. The third-order valence-electron chi connectivity index (χ3n) is 2.83. The molecule has 0 spiro atoms. The molecule has 0 bridgehead atoms. The molecule has 2 heterocycles.